The lowest BCUT2D eigenvalue weighted by Crippen LogP contribution is -2.39. The molecule has 0 spiro atoms. The molecule has 1 aliphatic rings. The van der Waals surface area contributed by atoms with E-state index in [-0.39, 0.29) is 18.6 Å². The summed E-state index contributed by atoms with van der Waals surface area (Å²) < 4.78 is 36.6. The van der Waals surface area contributed by atoms with E-state index in [0.29, 0.717) is 23.5 Å². The van der Waals surface area contributed by atoms with E-state index in [1.165, 1.54) is 6.21 Å². The summed E-state index contributed by atoms with van der Waals surface area (Å²) in [5.74, 6) is -0.282. The number of hydrogen-bond donors (Lipinski definition) is 2. The van der Waals surface area contributed by atoms with Crippen LogP contribution in [0.3, 0.4) is 0 Å². The van der Waals surface area contributed by atoms with E-state index in [9.17, 15) is 18.0 Å². The number of nitrogens with one attached hydrogen (secondary N) is 2. The number of carbonyl (C=O) groups excluding carboxylic acids is 2. The van der Waals surface area contributed by atoms with Crippen molar-refractivity contribution in [3.8, 4) is 5.75 Å². The SMILES string of the molecule is Cc1cccc(N(CC(=O)N/N=C\c2ccc(OCC(=O)NC[C@H]3CCCO3)cc2)S(C)(=O)=O)c1C. The second kappa shape index (κ2) is 12.5. The average molecular weight is 517 g/mol. The summed E-state index contributed by atoms with van der Waals surface area (Å²) in [6, 6.07) is 12.1. The summed E-state index contributed by atoms with van der Waals surface area (Å²) in [4.78, 5) is 24.3. The Morgan fingerprint density at radius 2 is 1.92 bits per heavy atom. The van der Waals surface area contributed by atoms with Crippen LogP contribution in [0.5, 0.6) is 5.75 Å². The summed E-state index contributed by atoms with van der Waals surface area (Å²) in [7, 11) is -3.68. The van der Waals surface area contributed by atoms with Gasteiger partial charge in [0.25, 0.3) is 11.8 Å². The fourth-order valence-corrected chi connectivity index (χ4v) is 4.52. The van der Waals surface area contributed by atoms with Crippen LogP contribution in [0, 0.1) is 13.8 Å². The fraction of sp³-hybridized carbons (Fsp3) is 0.400. The van der Waals surface area contributed by atoms with Crippen molar-refractivity contribution < 1.29 is 27.5 Å². The molecule has 1 saturated heterocycles. The van der Waals surface area contributed by atoms with Crippen LogP contribution >= 0.6 is 0 Å². The van der Waals surface area contributed by atoms with E-state index in [0.717, 1.165) is 41.1 Å². The van der Waals surface area contributed by atoms with Crippen molar-refractivity contribution in [2.45, 2.75) is 32.8 Å². The molecule has 11 heteroatoms. The number of amides is 2. The molecule has 2 amide bonds. The molecule has 1 fully saturated rings. The highest BCUT2D eigenvalue weighted by atomic mass is 32.2. The molecule has 1 atom stereocenters. The fourth-order valence-electron chi connectivity index (χ4n) is 3.61. The number of aryl methyl sites for hydroxylation is 1. The topological polar surface area (TPSA) is 126 Å². The first-order valence-electron chi connectivity index (χ1n) is 11.6. The van der Waals surface area contributed by atoms with Crippen LogP contribution in [0.2, 0.25) is 0 Å². The van der Waals surface area contributed by atoms with Crippen LogP contribution in [0.1, 0.15) is 29.5 Å². The van der Waals surface area contributed by atoms with Gasteiger partial charge in [0.2, 0.25) is 10.0 Å². The van der Waals surface area contributed by atoms with Gasteiger partial charge >= 0.3 is 0 Å². The van der Waals surface area contributed by atoms with Gasteiger partial charge in [0.05, 0.1) is 24.3 Å². The largest absolute Gasteiger partial charge is 0.484 e. The molecule has 0 radical (unpaired) electrons. The predicted molar refractivity (Wildman–Crippen MR) is 138 cm³/mol. The summed E-state index contributed by atoms with van der Waals surface area (Å²) >= 11 is 0. The minimum Gasteiger partial charge on any atom is -0.484 e. The molecule has 2 aromatic rings. The van der Waals surface area contributed by atoms with Gasteiger partial charge in [-0.05, 0) is 73.7 Å². The Hall–Kier alpha value is -3.44. The van der Waals surface area contributed by atoms with Crippen molar-refractivity contribution in [1.82, 2.24) is 10.7 Å². The number of hydrogen-bond acceptors (Lipinski definition) is 7. The summed E-state index contributed by atoms with van der Waals surface area (Å²) in [5.41, 5.74) is 5.19. The molecule has 1 heterocycles. The molecule has 0 bridgehead atoms. The second-order valence-corrected chi connectivity index (χ2v) is 10.5. The summed E-state index contributed by atoms with van der Waals surface area (Å²) in [5, 5.41) is 6.71. The molecule has 2 aromatic carbocycles. The Balaban J connectivity index is 1.48. The molecule has 2 N–H and O–H groups in total. The molecular formula is C25H32N4O6S. The van der Waals surface area contributed by atoms with E-state index in [2.05, 4.69) is 15.8 Å². The third-order valence-corrected chi connectivity index (χ3v) is 6.86. The smallest absolute Gasteiger partial charge is 0.260 e. The number of sulfonamides is 1. The van der Waals surface area contributed by atoms with Crippen molar-refractivity contribution in [2.75, 3.05) is 36.9 Å². The van der Waals surface area contributed by atoms with Gasteiger partial charge in [0, 0.05) is 13.2 Å². The van der Waals surface area contributed by atoms with Crippen molar-refractivity contribution in [3.05, 3.63) is 59.2 Å². The number of anilines is 1. The predicted octanol–water partition coefficient (Wildman–Crippen LogP) is 1.89. The van der Waals surface area contributed by atoms with Crippen molar-refractivity contribution >= 4 is 33.7 Å². The molecule has 3 rings (SSSR count). The lowest BCUT2D eigenvalue weighted by Gasteiger charge is -2.23. The molecule has 0 aromatic heterocycles. The lowest BCUT2D eigenvalue weighted by molar-refractivity contribution is -0.123. The van der Waals surface area contributed by atoms with E-state index in [1.54, 1.807) is 36.4 Å². The van der Waals surface area contributed by atoms with Gasteiger partial charge in [-0.3, -0.25) is 13.9 Å². The Morgan fingerprint density at radius 3 is 2.58 bits per heavy atom. The Labute approximate surface area is 211 Å². The molecule has 194 valence electrons. The Kier molecular flexibility index (Phi) is 9.43. The van der Waals surface area contributed by atoms with Crippen molar-refractivity contribution in [1.29, 1.82) is 0 Å². The van der Waals surface area contributed by atoms with Crippen LogP contribution in [0.25, 0.3) is 0 Å². The highest BCUT2D eigenvalue weighted by molar-refractivity contribution is 7.92. The third-order valence-electron chi connectivity index (χ3n) is 5.74. The van der Waals surface area contributed by atoms with Crippen molar-refractivity contribution in [3.63, 3.8) is 0 Å². The molecule has 1 aliphatic heterocycles. The molecule has 0 saturated carbocycles. The van der Waals surface area contributed by atoms with Gasteiger partial charge in [0.15, 0.2) is 6.61 Å². The van der Waals surface area contributed by atoms with Crippen LogP contribution in [0.4, 0.5) is 5.69 Å². The number of rotatable bonds is 11. The van der Waals surface area contributed by atoms with Crippen LogP contribution < -0.4 is 19.8 Å². The van der Waals surface area contributed by atoms with Gasteiger partial charge in [0.1, 0.15) is 12.3 Å². The van der Waals surface area contributed by atoms with Crippen molar-refractivity contribution in [2.24, 2.45) is 5.10 Å². The monoisotopic (exact) mass is 516 g/mol. The van der Waals surface area contributed by atoms with Crippen LogP contribution in [0.15, 0.2) is 47.6 Å². The molecule has 0 aliphatic carbocycles. The number of hydrazone groups is 1. The summed E-state index contributed by atoms with van der Waals surface area (Å²) in [6.07, 6.45) is 4.53. The van der Waals surface area contributed by atoms with Gasteiger partial charge < -0.3 is 14.8 Å². The highest BCUT2D eigenvalue weighted by Gasteiger charge is 2.22. The van der Waals surface area contributed by atoms with Gasteiger partial charge in [-0.15, -0.1) is 0 Å². The lowest BCUT2D eigenvalue weighted by atomic mass is 10.1. The highest BCUT2D eigenvalue weighted by Crippen LogP contribution is 2.24. The zero-order valence-electron chi connectivity index (χ0n) is 20.7. The second-order valence-electron chi connectivity index (χ2n) is 8.58. The zero-order valence-corrected chi connectivity index (χ0v) is 21.5. The minimum atomic E-state index is -3.68. The summed E-state index contributed by atoms with van der Waals surface area (Å²) in [6.45, 7) is 4.40. The maximum atomic E-state index is 12.4. The Bertz CT molecular complexity index is 1190. The first-order valence-corrected chi connectivity index (χ1v) is 13.5. The first-order chi connectivity index (χ1) is 17.1. The minimum absolute atomic E-state index is 0.0779. The quantitative estimate of drug-likeness (QED) is 0.347. The van der Waals surface area contributed by atoms with E-state index < -0.39 is 22.5 Å². The van der Waals surface area contributed by atoms with E-state index in [1.807, 2.05) is 19.9 Å². The van der Waals surface area contributed by atoms with Gasteiger partial charge in [-0.2, -0.15) is 5.10 Å². The maximum absolute atomic E-state index is 12.4. The maximum Gasteiger partial charge on any atom is 0.260 e. The molecule has 10 nitrogen and oxygen atoms in total. The average Bonchev–Trinajstić information content (AvgIpc) is 3.36. The number of benzene rings is 2. The zero-order chi connectivity index (χ0) is 26.1. The standard InChI is InChI=1S/C25H32N4O6S/c1-18-6-4-8-23(19(18)2)29(36(3,32)33)16-24(30)28-27-14-20-9-11-21(12-10-20)35-17-25(31)26-15-22-7-5-13-34-22/h4,6,8-12,14,22H,5,7,13,15-17H2,1-3H3,(H,26,31)(H,28,30)/b27-14-/t22-/m1/s1. The number of nitrogens with zero attached hydrogens (tertiary/aromatic N) is 2. The molecule has 36 heavy (non-hydrogen) atoms. The molecule has 0 unspecified atom stereocenters. The van der Waals surface area contributed by atoms with Crippen LogP contribution in [-0.4, -0.2) is 65.1 Å². The van der Waals surface area contributed by atoms with E-state index >= 15 is 0 Å². The Morgan fingerprint density at radius 1 is 1.17 bits per heavy atom. The molecular weight excluding hydrogens is 484 g/mol. The van der Waals surface area contributed by atoms with E-state index in [4.69, 9.17) is 9.47 Å². The van der Waals surface area contributed by atoms with Gasteiger partial charge in [-0.25, -0.2) is 13.8 Å². The van der Waals surface area contributed by atoms with Gasteiger partial charge in [-0.1, -0.05) is 12.1 Å². The number of ether oxygens (including phenoxy) is 2. The third kappa shape index (κ3) is 8.06. The van der Waals surface area contributed by atoms with Crippen LogP contribution in [-0.2, 0) is 24.3 Å². The normalized spacial score (nSPS) is 15.6. The first kappa shape index (κ1) is 27.2. The number of carbonyl (C=O) groups is 2.